The molecule has 1 aromatic carbocycles. The number of hydrogen-bond donors (Lipinski definition) is 3. The van der Waals surface area contributed by atoms with E-state index in [0.29, 0.717) is 18.3 Å². The van der Waals surface area contributed by atoms with Gasteiger partial charge in [0.05, 0.1) is 5.02 Å². The van der Waals surface area contributed by atoms with E-state index < -0.39 is 15.9 Å². The average Bonchev–Trinajstić information content (AvgIpc) is 3.14. The van der Waals surface area contributed by atoms with Gasteiger partial charge in [-0.15, -0.1) is 0 Å². The first-order valence-electron chi connectivity index (χ1n) is 8.15. The van der Waals surface area contributed by atoms with Gasteiger partial charge < -0.3 is 0 Å². The van der Waals surface area contributed by atoms with Gasteiger partial charge in [-0.3, -0.25) is 20.4 Å². The first kappa shape index (κ1) is 18.2. The number of nitrogens with one attached hydrogen (secondary N) is 2. The van der Waals surface area contributed by atoms with Crippen molar-refractivity contribution in [2.75, 3.05) is 0 Å². The van der Waals surface area contributed by atoms with Crippen molar-refractivity contribution in [2.45, 2.75) is 37.0 Å². The van der Waals surface area contributed by atoms with Crippen LogP contribution in [0, 0.1) is 17.8 Å². The Kier molecular flexibility index (Phi) is 5.04. The number of hydrogen-bond acceptors (Lipinski definition) is 4. The zero-order valence-corrected chi connectivity index (χ0v) is 15.1. The first-order chi connectivity index (χ1) is 11.7. The molecule has 2 bridgehead atoms. The van der Waals surface area contributed by atoms with Gasteiger partial charge in [-0.1, -0.05) is 18.0 Å². The quantitative estimate of drug-likeness (QED) is 0.681. The molecule has 0 aliphatic heterocycles. The summed E-state index contributed by atoms with van der Waals surface area (Å²) in [5, 5.41) is 4.99. The van der Waals surface area contributed by atoms with E-state index in [2.05, 4.69) is 10.9 Å². The Morgan fingerprint density at radius 2 is 1.96 bits per heavy atom. The van der Waals surface area contributed by atoms with Crippen molar-refractivity contribution in [1.29, 1.82) is 0 Å². The molecule has 3 atom stereocenters. The zero-order chi connectivity index (χ0) is 18.2. The fraction of sp³-hybridized carbons (Fsp3) is 0.500. The minimum absolute atomic E-state index is 0.0358. The molecule has 0 unspecified atom stereocenters. The molecule has 2 fully saturated rings. The summed E-state index contributed by atoms with van der Waals surface area (Å²) in [6.45, 7) is 0. The van der Waals surface area contributed by atoms with Crippen molar-refractivity contribution >= 4 is 33.4 Å². The first-order valence-corrected chi connectivity index (χ1v) is 10.1. The highest BCUT2D eigenvalue weighted by Gasteiger charge is 2.40. The lowest BCUT2D eigenvalue weighted by Gasteiger charge is -2.20. The van der Waals surface area contributed by atoms with Crippen LogP contribution in [-0.4, -0.2) is 20.2 Å². The Morgan fingerprint density at radius 1 is 1.20 bits per heavy atom. The molecular formula is C16H20ClN3O4S. The molecule has 7 nitrogen and oxygen atoms in total. The third-order valence-electron chi connectivity index (χ3n) is 5.15. The number of sulfonamides is 1. The summed E-state index contributed by atoms with van der Waals surface area (Å²) in [6.07, 6.45) is 5.15. The number of carbonyl (C=O) groups is 2. The second-order valence-electron chi connectivity index (χ2n) is 6.83. The van der Waals surface area contributed by atoms with E-state index in [4.69, 9.17) is 16.7 Å². The molecule has 0 aromatic heterocycles. The van der Waals surface area contributed by atoms with Gasteiger partial charge in [0.25, 0.3) is 5.91 Å². The molecule has 2 aliphatic carbocycles. The molecule has 0 saturated heterocycles. The summed E-state index contributed by atoms with van der Waals surface area (Å²) >= 11 is 5.78. The second kappa shape index (κ2) is 6.93. The van der Waals surface area contributed by atoms with E-state index in [1.54, 1.807) is 0 Å². The molecule has 2 saturated carbocycles. The molecule has 2 amide bonds. The van der Waals surface area contributed by atoms with Gasteiger partial charge in [0, 0.05) is 12.0 Å². The third kappa shape index (κ3) is 4.13. The highest BCUT2D eigenvalue weighted by molar-refractivity contribution is 7.89. The lowest BCUT2D eigenvalue weighted by molar-refractivity contribution is -0.123. The van der Waals surface area contributed by atoms with Crippen molar-refractivity contribution in [3.63, 3.8) is 0 Å². The molecule has 25 heavy (non-hydrogen) atoms. The van der Waals surface area contributed by atoms with Gasteiger partial charge in [0.1, 0.15) is 4.90 Å². The van der Waals surface area contributed by atoms with Crippen molar-refractivity contribution in [2.24, 2.45) is 22.9 Å². The maximum absolute atomic E-state index is 12.1. The van der Waals surface area contributed by atoms with E-state index in [1.165, 1.54) is 31.4 Å². The molecule has 136 valence electrons. The summed E-state index contributed by atoms with van der Waals surface area (Å²) in [7, 11) is -4.04. The smallest absolute Gasteiger partial charge is 0.269 e. The third-order valence-corrected chi connectivity index (χ3v) is 6.54. The van der Waals surface area contributed by atoms with Crippen LogP contribution < -0.4 is 16.0 Å². The summed E-state index contributed by atoms with van der Waals surface area (Å²) in [4.78, 5) is 23.8. The number of benzene rings is 1. The molecule has 2 aliphatic rings. The SMILES string of the molecule is NS(=O)(=O)c1cc(C(=O)NNC(=O)C[C@@H]2C[C@@H]3CC[C@@H]2C3)ccc1Cl. The Balaban J connectivity index is 1.56. The molecule has 0 radical (unpaired) electrons. The summed E-state index contributed by atoms with van der Waals surface area (Å²) in [6, 6.07) is 3.71. The van der Waals surface area contributed by atoms with Crippen molar-refractivity contribution in [1.82, 2.24) is 10.9 Å². The van der Waals surface area contributed by atoms with Crippen molar-refractivity contribution in [3.05, 3.63) is 28.8 Å². The zero-order valence-electron chi connectivity index (χ0n) is 13.5. The van der Waals surface area contributed by atoms with E-state index in [9.17, 15) is 18.0 Å². The van der Waals surface area contributed by atoms with E-state index in [-0.39, 0.29) is 21.4 Å². The van der Waals surface area contributed by atoms with Crippen LogP contribution in [0.2, 0.25) is 5.02 Å². The van der Waals surface area contributed by atoms with Gasteiger partial charge in [-0.05, 0) is 55.2 Å². The minimum Gasteiger partial charge on any atom is -0.273 e. The Hall–Kier alpha value is -1.64. The van der Waals surface area contributed by atoms with Gasteiger partial charge in [0.15, 0.2) is 0 Å². The Morgan fingerprint density at radius 3 is 2.56 bits per heavy atom. The predicted molar refractivity (Wildman–Crippen MR) is 92.0 cm³/mol. The number of primary sulfonamides is 1. The van der Waals surface area contributed by atoms with Gasteiger partial charge in [-0.2, -0.15) is 0 Å². The number of fused-ring (bicyclic) bond motifs is 2. The lowest BCUT2D eigenvalue weighted by atomic mass is 9.86. The van der Waals surface area contributed by atoms with Crippen LogP contribution in [-0.2, 0) is 14.8 Å². The van der Waals surface area contributed by atoms with Crippen LogP contribution in [0.1, 0.15) is 42.5 Å². The van der Waals surface area contributed by atoms with Gasteiger partial charge >= 0.3 is 0 Å². The van der Waals surface area contributed by atoms with Crippen LogP contribution in [0.15, 0.2) is 23.1 Å². The highest BCUT2D eigenvalue weighted by atomic mass is 35.5. The Labute approximate surface area is 151 Å². The largest absolute Gasteiger partial charge is 0.273 e. The number of hydrazine groups is 1. The van der Waals surface area contributed by atoms with E-state index in [0.717, 1.165) is 18.4 Å². The summed E-state index contributed by atoms with van der Waals surface area (Å²) < 4.78 is 22.9. The molecule has 9 heteroatoms. The van der Waals surface area contributed by atoms with Crippen LogP contribution in [0.4, 0.5) is 0 Å². The molecule has 0 heterocycles. The number of nitrogens with two attached hydrogens (primary N) is 1. The fourth-order valence-electron chi connectivity index (χ4n) is 3.98. The molecular weight excluding hydrogens is 366 g/mol. The van der Waals surface area contributed by atoms with E-state index >= 15 is 0 Å². The molecule has 1 aromatic rings. The predicted octanol–water partition coefficient (Wildman–Crippen LogP) is 1.57. The highest BCUT2D eigenvalue weighted by Crippen LogP contribution is 2.49. The molecule has 0 spiro atoms. The lowest BCUT2D eigenvalue weighted by Crippen LogP contribution is -2.42. The van der Waals surface area contributed by atoms with Crippen LogP contribution in [0.25, 0.3) is 0 Å². The summed E-state index contributed by atoms with van der Waals surface area (Å²) in [5.74, 6) is 0.887. The number of halogens is 1. The standard InChI is InChI=1S/C16H20ClN3O4S/c17-13-4-3-11(7-14(13)25(18,23)24)16(22)20-19-15(21)8-12-6-9-1-2-10(12)5-9/h3-4,7,9-10,12H,1-2,5-6,8H2,(H,19,21)(H,20,22)(H2,18,23,24)/t9-,10-,12+/m1/s1. The van der Waals surface area contributed by atoms with E-state index in [1.807, 2.05) is 0 Å². The van der Waals surface area contributed by atoms with Gasteiger partial charge in [-0.25, -0.2) is 13.6 Å². The molecule has 4 N–H and O–H groups in total. The van der Waals surface area contributed by atoms with Crippen molar-refractivity contribution in [3.8, 4) is 0 Å². The number of amides is 2. The van der Waals surface area contributed by atoms with Crippen LogP contribution in [0.3, 0.4) is 0 Å². The minimum atomic E-state index is -4.04. The van der Waals surface area contributed by atoms with Crippen LogP contribution >= 0.6 is 11.6 Å². The topological polar surface area (TPSA) is 118 Å². The maximum atomic E-state index is 12.1. The number of rotatable bonds is 4. The summed E-state index contributed by atoms with van der Waals surface area (Å²) in [5.41, 5.74) is 4.72. The fourth-order valence-corrected chi connectivity index (χ4v) is 5.05. The van der Waals surface area contributed by atoms with Gasteiger partial charge in [0.2, 0.25) is 15.9 Å². The number of carbonyl (C=O) groups excluding carboxylic acids is 2. The van der Waals surface area contributed by atoms with Crippen LogP contribution in [0.5, 0.6) is 0 Å². The molecule has 3 rings (SSSR count). The van der Waals surface area contributed by atoms with Crippen molar-refractivity contribution < 1.29 is 18.0 Å². The monoisotopic (exact) mass is 385 g/mol. The second-order valence-corrected chi connectivity index (χ2v) is 8.77. The Bertz CT molecular complexity index is 812. The normalized spacial score (nSPS) is 25.0. The maximum Gasteiger partial charge on any atom is 0.269 e. The average molecular weight is 386 g/mol.